The highest BCUT2D eigenvalue weighted by Crippen LogP contribution is 2.26. The van der Waals surface area contributed by atoms with Crippen LogP contribution in [0.5, 0.6) is 5.75 Å². The zero-order valence-corrected chi connectivity index (χ0v) is 14.3. The van der Waals surface area contributed by atoms with Crippen molar-refractivity contribution in [1.82, 2.24) is 0 Å². The molecule has 0 amide bonds. The van der Waals surface area contributed by atoms with Crippen LogP contribution in [0.25, 0.3) is 0 Å². The maximum Gasteiger partial charge on any atom is 0.175 e. The van der Waals surface area contributed by atoms with Crippen molar-refractivity contribution >= 4 is 15.5 Å². The Morgan fingerprint density at radius 3 is 2.67 bits per heavy atom. The fourth-order valence-corrected chi connectivity index (χ4v) is 3.51. The van der Waals surface area contributed by atoms with E-state index in [0.717, 1.165) is 31.8 Å². The summed E-state index contributed by atoms with van der Waals surface area (Å²) in [6.07, 6.45) is 2.06. The molecule has 24 heavy (non-hydrogen) atoms. The largest absolute Gasteiger partial charge is 0.490 e. The first-order chi connectivity index (χ1) is 11.4. The van der Waals surface area contributed by atoms with Crippen LogP contribution in [-0.4, -0.2) is 34.4 Å². The molecule has 128 valence electrons. The van der Waals surface area contributed by atoms with Crippen molar-refractivity contribution in [3.63, 3.8) is 0 Å². The van der Waals surface area contributed by atoms with Gasteiger partial charge in [0.25, 0.3) is 0 Å². The van der Waals surface area contributed by atoms with E-state index in [4.69, 9.17) is 4.74 Å². The molecule has 0 N–H and O–H groups in total. The SMILES string of the molecule is CS(=O)(=O)c1ccc(F)c(OCC2CCN(c3ccccc3)C2)c1. The molecule has 6 heteroatoms. The van der Waals surface area contributed by atoms with Crippen molar-refractivity contribution in [2.24, 2.45) is 5.92 Å². The zero-order chi connectivity index (χ0) is 17.2. The summed E-state index contributed by atoms with van der Waals surface area (Å²) >= 11 is 0. The first-order valence-corrected chi connectivity index (χ1v) is 9.75. The average Bonchev–Trinajstić information content (AvgIpc) is 3.03. The normalized spacial score (nSPS) is 17.9. The monoisotopic (exact) mass is 349 g/mol. The summed E-state index contributed by atoms with van der Waals surface area (Å²) in [5.41, 5.74) is 1.17. The Morgan fingerprint density at radius 1 is 1.21 bits per heavy atom. The molecular weight excluding hydrogens is 329 g/mol. The van der Waals surface area contributed by atoms with Crippen LogP contribution in [0.4, 0.5) is 10.1 Å². The Balaban J connectivity index is 1.63. The molecule has 2 aromatic rings. The van der Waals surface area contributed by atoms with Gasteiger partial charge in [0.2, 0.25) is 0 Å². The fraction of sp³-hybridized carbons (Fsp3) is 0.333. The van der Waals surface area contributed by atoms with Gasteiger partial charge in [0.1, 0.15) is 0 Å². The van der Waals surface area contributed by atoms with Crippen molar-refractivity contribution in [2.75, 3.05) is 30.9 Å². The quantitative estimate of drug-likeness (QED) is 0.778. The smallest absolute Gasteiger partial charge is 0.175 e. The van der Waals surface area contributed by atoms with E-state index in [-0.39, 0.29) is 16.6 Å². The van der Waals surface area contributed by atoms with Gasteiger partial charge in [-0.1, -0.05) is 18.2 Å². The Hall–Kier alpha value is -2.08. The van der Waals surface area contributed by atoms with Gasteiger partial charge in [0, 0.05) is 37.0 Å². The van der Waals surface area contributed by atoms with E-state index >= 15 is 0 Å². The maximum atomic E-state index is 13.8. The third-order valence-electron chi connectivity index (χ3n) is 4.21. The molecule has 1 unspecified atom stereocenters. The molecule has 1 saturated heterocycles. The van der Waals surface area contributed by atoms with Gasteiger partial charge in [0.15, 0.2) is 21.4 Å². The molecule has 0 saturated carbocycles. The molecule has 1 aliphatic heterocycles. The summed E-state index contributed by atoms with van der Waals surface area (Å²) < 4.78 is 42.6. The summed E-state index contributed by atoms with van der Waals surface area (Å²) in [5.74, 6) is -0.261. The van der Waals surface area contributed by atoms with Gasteiger partial charge >= 0.3 is 0 Å². The predicted molar refractivity (Wildman–Crippen MR) is 91.8 cm³/mol. The number of hydrogen-bond acceptors (Lipinski definition) is 4. The molecule has 0 spiro atoms. The third kappa shape index (κ3) is 3.87. The minimum Gasteiger partial charge on any atom is -0.490 e. The van der Waals surface area contributed by atoms with Gasteiger partial charge in [-0.05, 0) is 30.7 Å². The summed E-state index contributed by atoms with van der Waals surface area (Å²) in [6.45, 7) is 2.15. The van der Waals surface area contributed by atoms with Crippen molar-refractivity contribution in [2.45, 2.75) is 11.3 Å². The predicted octanol–water partition coefficient (Wildman–Crippen LogP) is 3.13. The molecule has 3 rings (SSSR count). The number of nitrogens with zero attached hydrogens (tertiary/aromatic N) is 1. The molecule has 1 heterocycles. The highest BCUT2D eigenvalue weighted by molar-refractivity contribution is 7.90. The molecule has 0 bridgehead atoms. The number of sulfone groups is 1. The number of anilines is 1. The fourth-order valence-electron chi connectivity index (χ4n) is 2.87. The summed E-state index contributed by atoms with van der Waals surface area (Å²) in [4.78, 5) is 2.34. The van der Waals surface area contributed by atoms with Gasteiger partial charge in [-0.25, -0.2) is 12.8 Å². The van der Waals surface area contributed by atoms with Crippen LogP contribution in [-0.2, 0) is 9.84 Å². The molecule has 1 fully saturated rings. The average molecular weight is 349 g/mol. The number of para-hydroxylation sites is 1. The van der Waals surface area contributed by atoms with E-state index in [1.54, 1.807) is 0 Å². The van der Waals surface area contributed by atoms with Crippen LogP contribution < -0.4 is 9.64 Å². The van der Waals surface area contributed by atoms with Crippen molar-refractivity contribution < 1.29 is 17.5 Å². The lowest BCUT2D eigenvalue weighted by molar-refractivity contribution is 0.249. The Bertz CT molecular complexity index is 808. The first kappa shape index (κ1) is 16.8. The van der Waals surface area contributed by atoms with E-state index in [1.165, 1.54) is 17.8 Å². The second-order valence-corrected chi connectivity index (χ2v) is 8.13. The number of hydrogen-bond donors (Lipinski definition) is 0. The van der Waals surface area contributed by atoms with Gasteiger partial charge < -0.3 is 9.64 Å². The lowest BCUT2D eigenvalue weighted by Crippen LogP contribution is -2.21. The number of ether oxygens (including phenoxy) is 1. The van der Waals surface area contributed by atoms with E-state index in [9.17, 15) is 12.8 Å². The van der Waals surface area contributed by atoms with E-state index in [0.29, 0.717) is 6.61 Å². The maximum absolute atomic E-state index is 13.8. The van der Waals surface area contributed by atoms with Gasteiger partial charge in [-0.2, -0.15) is 0 Å². The highest BCUT2D eigenvalue weighted by atomic mass is 32.2. The molecule has 1 atom stereocenters. The zero-order valence-electron chi connectivity index (χ0n) is 13.5. The molecular formula is C18H20FNO3S. The van der Waals surface area contributed by atoms with E-state index in [2.05, 4.69) is 17.0 Å². The minimum atomic E-state index is -3.38. The minimum absolute atomic E-state index is 0.00362. The van der Waals surface area contributed by atoms with Crippen LogP contribution in [0.15, 0.2) is 53.4 Å². The van der Waals surface area contributed by atoms with Crippen LogP contribution >= 0.6 is 0 Å². The molecule has 1 aliphatic rings. The van der Waals surface area contributed by atoms with Crippen molar-refractivity contribution in [3.8, 4) is 5.75 Å². The summed E-state index contributed by atoms with van der Waals surface area (Å²) in [6, 6.07) is 13.8. The standard InChI is InChI=1S/C18H20FNO3S/c1-24(21,22)16-7-8-17(19)18(11-16)23-13-14-9-10-20(12-14)15-5-3-2-4-6-15/h2-8,11,14H,9-10,12-13H2,1H3. The van der Waals surface area contributed by atoms with E-state index < -0.39 is 15.7 Å². The van der Waals surface area contributed by atoms with Crippen LogP contribution in [0.3, 0.4) is 0 Å². The summed E-state index contributed by atoms with van der Waals surface area (Å²) in [7, 11) is -3.38. The number of benzene rings is 2. The number of rotatable bonds is 5. The van der Waals surface area contributed by atoms with Crippen molar-refractivity contribution in [3.05, 3.63) is 54.3 Å². The second kappa shape index (κ2) is 6.81. The second-order valence-electron chi connectivity index (χ2n) is 6.11. The Kier molecular flexibility index (Phi) is 4.76. The van der Waals surface area contributed by atoms with Gasteiger partial charge in [-0.15, -0.1) is 0 Å². The molecule has 2 aromatic carbocycles. The molecule has 0 aliphatic carbocycles. The summed E-state index contributed by atoms with van der Waals surface area (Å²) in [5, 5.41) is 0. The van der Waals surface area contributed by atoms with Crippen molar-refractivity contribution in [1.29, 1.82) is 0 Å². The third-order valence-corrected chi connectivity index (χ3v) is 5.32. The van der Waals surface area contributed by atoms with Gasteiger partial charge in [-0.3, -0.25) is 0 Å². The van der Waals surface area contributed by atoms with Crippen LogP contribution in [0, 0.1) is 11.7 Å². The van der Waals surface area contributed by atoms with Crippen LogP contribution in [0.2, 0.25) is 0 Å². The Labute approximate surface area is 141 Å². The molecule has 4 nitrogen and oxygen atoms in total. The molecule has 0 aromatic heterocycles. The first-order valence-electron chi connectivity index (χ1n) is 7.86. The topological polar surface area (TPSA) is 46.6 Å². The lowest BCUT2D eigenvalue weighted by atomic mass is 10.1. The lowest BCUT2D eigenvalue weighted by Gasteiger charge is -2.18. The van der Waals surface area contributed by atoms with Gasteiger partial charge in [0.05, 0.1) is 11.5 Å². The Morgan fingerprint density at radius 2 is 1.96 bits per heavy atom. The van der Waals surface area contributed by atoms with Crippen LogP contribution in [0.1, 0.15) is 6.42 Å². The van der Waals surface area contributed by atoms with E-state index in [1.807, 2.05) is 18.2 Å². The molecule has 0 radical (unpaired) electrons. The number of halogens is 1. The highest BCUT2D eigenvalue weighted by Gasteiger charge is 2.23.